The number of pyridine rings is 1. The molecule has 0 amide bonds. The minimum Gasteiger partial charge on any atom is -0.283 e. The quantitative estimate of drug-likeness (QED) is 0.585. The molecule has 0 aliphatic rings. The molecule has 0 atom stereocenters. The van der Waals surface area contributed by atoms with Gasteiger partial charge in [0.1, 0.15) is 17.8 Å². The van der Waals surface area contributed by atoms with E-state index in [0.29, 0.717) is 16.9 Å². The lowest BCUT2D eigenvalue weighted by Gasteiger charge is -1.96. The summed E-state index contributed by atoms with van der Waals surface area (Å²) in [5.74, 6) is 0. The van der Waals surface area contributed by atoms with Gasteiger partial charge in [0.15, 0.2) is 22.7 Å². The van der Waals surface area contributed by atoms with Crippen molar-refractivity contribution < 1.29 is 0 Å². The van der Waals surface area contributed by atoms with E-state index in [4.69, 9.17) is 10.5 Å². The van der Waals surface area contributed by atoms with Gasteiger partial charge in [0, 0.05) is 6.20 Å². The fourth-order valence-corrected chi connectivity index (χ4v) is 1.77. The molecule has 18 heavy (non-hydrogen) atoms. The molecule has 0 unspecified atom stereocenters. The van der Waals surface area contributed by atoms with E-state index in [9.17, 15) is 0 Å². The van der Waals surface area contributed by atoms with Crippen molar-refractivity contribution in [3.05, 3.63) is 35.3 Å². The summed E-state index contributed by atoms with van der Waals surface area (Å²) >= 11 is 0. The Morgan fingerprint density at radius 3 is 2.56 bits per heavy atom. The number of aryl methyl sites for hydroxylation is 1. The molecule has 0 spiro atoms. The number of hydrogen-bond acceptors (Lipinski definition) is 5. The van der Waals surface area contributed by atoms with Crippen molar-refractivity contribution in [1.29, 1.82) is 10.5 Å². The van der Waals surface area contributed by atoms with E-state index in [2.05, 4.69) is 15.0 Å². The van der Waals surface area contributed by atoms with E-state index in [0.717, 1.165) is 5.56 Å². The Hall–Kier alpha value is -2.99. The van der Waals surface area contributed by atoms with Crippen molar-refractivity contribution in [2.75, 3.05) is 0 Å². The monoisotopic (exact) mass is 234 g/mol. The highest BCUT2D eigenvalue weighted by Gasteiger charge is 2.12. The lowest BCUT2D eigenvalue weighted by Crippen LogP contribution is -1.96. The van der Waals surface area contributed by atoms with E-state index in [1.807, 2.05) is 37.4 Å². The first-order chi connectivity index (χ1) is 8.72. The fourth-order valence-electron chi connectivity index (χ4n) is 1.77. The highest BCUT2D eigenvalue weighted by molar-refractivity contribution is 5.74. The first kappa shape index (κ1) is 10.2. The van der Waals surface area contributed by atoms with Gasteiger partial charge in [-0.3, -0.25) is 4.40 Å². The zero-order chi connectivity index (χ0) is 12.7. The van der Waals surface area contributed by atoms with E-state index in [1.165, 1.54) is 0 Å². The van der Waals surface area contributed by atoms with Gasteiger partial charge in [-0.15, -0.1) is 0 Å². The highest BCUT2D eigenvalue weighted by Crippen LogP contribution is 2.15. The zero-order valence-corrected chi connectivity index (χ0v) is 9.42. The summed E-state index contributed by atoms with van der Waals surface area (Å²) in [6, 6.07) is 7.52. The molecule has 3 aromatic rings. The topological polar surface area (TPSA) is 90.7 Å². The predicted molar refractivity (Wildman–Crippen MR) is 62.5 cm³/mol. The minimum atomic E-state index is 0.00475. The Bertz CT molecular complexity index is 862. The molecule has 0 fully saturated rings. The van der Waals surface area contributed by atoms with Crippen molar-refractivity contribution in [3.63, 3.8) is 0 Å². The van der Waals surface area contributed by atoms with Gasteiger partial charge in [-0.25, -0.2) is 15.0 Å². The van der Waals surface area contributed by atoms with E-state index in [1.54, 1.807) is 4.40 Å². The summed E-state index contributed by atoms with van der Waals surface area (Å²) in [7, 11) is 0. The summed E-state index contributed by atoms with van der Waals surface area (Å²) in [6.07, 6.45) is 1.82. The molecule has 3 aromatic heterocycles. The number of rotatable bonds is 0. The maximum Gasteiger partial charge on any atom is 0.199 e. The van der Waals surface area contributed by atoms with Gasteiger partial charge in [-0.2, -0.15) is 10.5 Å². The predicted octanol–water partition coefficient (Wildman–Crippen LogP) is 1.33. The van der Waals surface area contributed by atoms with E-state index >= 15 is 0 Å². The van der Waals surface area contributed by atoms with Crippen LogP contribution < -0.4 is 0 Å². The van der Waals surface area contributed by atoms with Crippen LogP contribution in [0.4, 0.5) is 0 Å². The molecular weight excluding hydrogens is 228 g/mol. The second-order valence-electron chi connectivity index (χ2n) is 3.84. The normalized spacial score (nSPS) is 10.4. The average molecular weight is 234 g/mol. The van der Waals surface area contributed by atoms with Crippen molar-refractivity contribution in [3.8, 4) is 12.1 Å². The lowest BCUT2D eigenvalue weighted by molar-refractivity contribution is 1.13. The van der Waals surface area contributed by atoms with Crippen LogP contribution >= 0.6 is 0 Å². The van der Waals surface area contributed by atoms with Crippen LogP contribution in [-0.4, -0.2) is 19.4 Å². The summed E-state index contributed by atoms with van der Waals surface area (Å²) < 4.78 is 1.75. The molecule has 0 radical (unpaired) electrons. The maximum atomic E-state index is 8.93. The van der Waals surface area contributed by atoms with Crippen LogP contribution in [0.25, 0.3) is 16.9 Å². The second kappa shape index (κ2) is 3.51. The van der Waals surface area contributed by atoms with Crippen LogP contribution in [0.1, 0.15) is 17.0 Å². The number of nitrogens with zero attached hydrogens (tertiary/aromatic N) is 6. The van der Waals surface area contributed by atoms with Crippen LogP contribution in [0, 0.1) is 29.6 Å². The Morgan fingerprint density at radius 2 is 1.83 bits per heavy atom. The molecular formula is C12H6N6. The largest absolute Gasteiger partial charge is 0.283 e. The van der Waals surface area contributed by atoms with Gasteiger partial charge >= 0.3 is 0 Å². The Morgan fingerprint density at radius 1 is 1.11 bits per heavy atom. The number of hydrogen-bond donors (Lipinski definition) is 0. The van der Waals surface area contributed by atoms with Gasteiger partial charge in [0.2, 0.25) is 0 Å². The molecule has 0 bridgehead atoms. The smallest absolute Gasteiger partial charge is 0.199 e. The third-order valence-electron chi connectivity index (χ3n) is 2.61. The molecule has 3 rings (SSSR count). The maximum absolute atomic E-state index is 8.93. The van der Waals surface area contributed by atoms with Crippen LogP contribution in [0.3, 0.4) is 0 Å². The van der Waals surface area contributed by atoms with Crippen molar-refractivity contribution in [2.24, 2.45) is 0 Å². The zero-order valence-electron chi connectivity index (χ0n) is 9.42. The Balaban J connectivity index is 2.49. The molecule has 0 aromatic carbocycles. The molecule has 84 valence electrons. The molecule has 3 heterocycles. The van der Waals surface area contributed by atoms with Crippen LogP contribution in [0.2, 0.25) is 0 Å². The summed E-state index contributed by atoms with van der Waals surface area (Å²) in [4.78, 5) is 12.5. The second-order valence-corrected chi connectivity index (χ2v) is 3.84. The highest BCUT2D eigenvalue weighted by atomic mass is 15.1. The number of nitriles is 2. The standard InChI is InChI=1S/C12H6N6/c1-7-2-3-18-10(4-7)17-11-12(18)16-9(6-14)8(5-13)15-11/h2-4H,1H3. The number of imidazole rings is 1. The lowest BCUT2D eigenvalue weighted by atomic mass is 10.3. The van der Waals surface area contributed by atoms with Crippen LogP contribution in [0.5, 0.6) is 0 Å². The molecule has 6 heteroatoms. The molecule has 0 saturated heterocycles. The summed E-state index contributed by atoms with van der Waals surface area (Å²) in [5, 5.41) is 17.8. The first-order valence-electron chi connectivity index (χ1n) is 5.19. The van der Waals surface area contributed by atoms with Crippen molar-refractivity contribution >= 4 is 16.9 Å². The van der Waals surface area contributed by atoms with Gasteiger partial charge in [-0.05, 0) is 24.6 Å². The number of aromatic nitrogens is 4. The van der Waals surface area contributed by atoms with Gasteiger partial charge in [0.25, 0.3) is 0 Å². The van der Waals surface area contributed by atoms with Gasteiger partial charge in [-0.1, -0.05) is 0 Å². The fraction of sp³-hybridized carbons (Fsp3) is 0.0833. The Labute approximate surface area is 102 Å². The average Bonchev–Trinajstić information content (AvgIpc) is 2.73. The molecule has 0 aliphatic heterocycles. The van der Waals surface area contributed by atoms with Gasteiger partial charge in [0.05, 0.1) is 0 Å². The van der Waals surface area contributed by atoms with Crippen molar-refractivity contribution in [2.45, 2.75) is 6.92 Å². The first-order valence-corrected chi connectivity index (χ1v) is 5.19. The summed E-state index contributed by atoms with van der Waals surface area (Å²) in [5.41, 5.74) is 2.65. The molecule has 0 aliphatic carbocycles. The third kappa shape index (κ3) is 1.30. The van der Waals surface area contributed by atoms with Crippen LogP contribution in [-0.2, 0) is 0 Å². The van der Waals surface area contributed by atoms with Gasteiger partial charge < -0.3 is 0 Å². The number of fused-ring (bicyclic) bond motifs is 3. The van der Waals surface area contributed by atoms with Crippen LogP contribution in [0.15, 0.2) is 18.3 Å². The molecule has 0 saturated carbocycles. The summed E-state index contributed by atoms with van der Waals surface area (Å²) in [6.45, 7) is 1.96. The third-order valence-corrected chi connectivity index (χ3v) is 2.61. The minimum absolute atomic E-state index is 0.00475. The van der Waals surface area contributed by atoms with E-state index in [-0.39, 0.29) is 11.4 Å². The molecule has 6 nitrogen and oxygen atoms in total. The Kier molecular flexibility index (Phi) is 1.98. The SMILES string of the molecule is Cc1ccn2c(c1)nc1nc(C#N)c(C#N)nc12. The molecule has 0 N–H and O–H groups in total. The van der Waals surface area contributed by atoms with Crippen molar-refractivity contribution in [1.82, 2.24) is 19.4 Å². The van der Waals surface area contributed by atoms with E-state index < -0.39 is 0 Å².